The van der Waals surface area contributed by atoms with Gasteiger partial charge in [0.15, 0.2) is 5.96 Å². The Labute approximate surface area is 175 Å². The zero-order chi connectivity index (χ0) is 21.5. The van der Waals surface area contributed by atoms with Crippen LogP contribution in [-0.4, -0.2) is 71.4 Å². The highest BCUT2D eigenvalue weighted by Crippen LogP contribution is 2.26. The van der Waals surface area contributed by atoms with Crippen molar-refractivity contribution in [3.05, 3.63) is 29.8 Å². The number of nitrogens with one attached hydrogen (secondary N) is 3. The molecule has 9 heteroatoms. The predicted molar refractivity (Wildman–Crippen MR) is 118 cm³/mol. The van der Waals surface area contributed by atoms with Gasteiger partial charge in [-0.1, -0.05) is 12.1 Å². The van der Waals surface area contributed by atoms with Crippen molar-refractivity contribution in [2.45, 2.75) is 38.3 Å². The summed E-state index contributed by atoms with van der Waals surface area (Å²) in [5.74, 6) is 1.49. The minimum atomic E-state index is -3.28. The first kappa shape index (κ1) is 23.4. The quantitative estimate of drug-likeness (QED) is 0.408. The molecule has 0 aromatic heterocycles. The molecule has 1 aliphatic heterocycles. The summed E-state index contributed by atoms with van der Waals surface area (Å²) in [6.45, 7) is 6.94. The number of sulfonamides is 1. The van der Waals surface area contributed by atoms with Gasteiger partial charge in [0.2, 0.25) is 10.0 Å². The van der Waals surface area contributed by atoms with Crippen molar-refractivity contribution in [1.82, 2.24) is 20.3 Å². The Kier molecular flexibility index (Phi) is 8.30. The summed E-state index contributed by atoms with van der Waals surface area (Å²) in [6, 6.07) is 8.43. The zero-order valence-electron chi connectivity index (χ0n) is 18.2. The largest absolute Gasteiger partial charge is 0.497 e. The minimum absolute atomic E-state index is 0.226. The second-order valence-corrected chi connectivity index (χ2v) is 9.85. The summed E-state index contributed by atoms with van der Waals surface area (Å²) in [4.78, 5) is 6.77. The molecule has 1 atom stereocenters. The van der Waals surface area contributed by atoms with Gasteiger partial charge < -0.3 is 15.4 Å². The molecule has 1 aromatic rings. The van der Waals surface area contributed by atoms with Gasteiger partial charge >= 0.3 is 0 Å². The summed E-state index contributed by atoms with van der Waals surface area (Å²) < 4.78 is 31.0. The van der Waals surface area contributed by atoms with E-state index in [1.54, 1.807) is 14.2 Å². The van der Waals surface area contributed by atoms with E-state index in [1.807, 2.05) is 26.0 Å². The molecule has 8 nitrogen and oxygen atoms in total. The fraction of sp³-hybridized carbons (Fsp3) is 0.650. The highest BCUT2D eigenvalue weighted by atomic mass is 32.2. The lowest BCUT2D eigenvalue weighted by Crippen LogP contribution is -2.53. The Bertz CT molecular complexity index is 772. The first-order valence-electron chi connectivity index (χ1n) is 9.95. The average Bonchev–Trinajstić information content (AvgIpc) is 3.17. The minimum Gasteiger partial charge on any atom is -0.497 e. The van der Waals surface area contributed by atoms with Crippen LogP contribution in [0.1, 0.15) is 38.3 Å². The molecule has 1 aromatic carbocycles. The number of guanidine groups is 1. The van der Waals surface area contributed by atoms with Crippen molar-refractivity contribution in [1.29, 1.82) is 0 Å². The van der Waals surface area contributed by atoms with E-state index in [4.69, 9.17) is 4.74 Å². The molecule has 29 heavy (non-hydrogen) atoms. The number of aliphatic imine (C=N–C) groups is 1. The van der Waals surface area contributed by atoms with Crippen LogP contribution < -0.4 is 20.1 Å². The second-order valence-electron chi connectivity index (χ2n) is 8.10. The van der Waals surface area contributed by atoms with Crippen molar-refractivity contribution in [2.24, 2.45) is 4.99 Å². The van der Waals surface area contributed by atoms with Crippen LogP contribution in [0.2, 0.25) is 0 Å². The Morgan fingerprint density at radius 1 is 1.21 bits per heavy atom. The van der Waals surface area contributed by atoms with Gasteiger partial charge in [0.1, 0.15) is 5.75 Å². The van der Waals surface area contributed by atoms with Gasteiger partial charge in [-0.25, -0.2) is 13.1 Å². The van der Waals surface area contributed by atoms with Crippen LogP contribution >= 0.6 is 0 Å². The molecule has 0 spiro atoms. The monoisotopic (exact) mass is 425 g/mol. The van der Waals surface area contributed by atoms with Crippen molar-refractivity contribution < 1.29 is 13.2 Å². The number of methoxy groups -OCH3 is 1. The van der Waals surface area contributed by atoms with E-state index in [2.05, 4.69) is 37.4 Å². The molecule has 0 radical (unpaired) electrons. The predicted octanol–water partition coefficient (Wildman–Crippen LogP) is 1.32. The lowest BCUT2D eigenvalue weighted by Gasteiger charge is -2.30. The third-order valence-electron chi connectivity index (χ3n) is 4.93. The lowest BCUT2D eigenvalue weighted by molar-refractivity contribution is 0.245. The second kappa shape index (κ2) is 10.3. The smallest absolute Gasteiger partial charge is 0.209 e. The third-order valence-corrected chi connectivity index (χ3v) is 5.85. The van der Waals surface area contributed by atoms with Crippen LogP contribution in [0.3, 0.4) is 0 Å². The highest BCUT2D eigenvalue weighted by molar-refractivity contribution is 7.88. The maximum Gasteiger partial charge on any atom is 0.209 e. The van der Waals surface area contributed by atoms with Gasteiger partial charge in [-0.2, -0.15) is 0 Å². The Hall–Kier alpha value is -1.84. The maximum atomic E-state index is 11.5. The molecule has 2 rings (SSSR count). The third kappa shape index (κ3) is 7.83. The highest BCUT2D eigenvalue weighted by Gasteiger charge is 2.25. The van der Waals surface area contributed by atoms with E-state index in [-0.39, 0.29) is 6.04 Å². The number of ether oxygens (including phenoxy) is 1. The molecule has 0 amide bonds. The van der Waals surface area contributed by atoms with Crippen molar-refractivity contribution in [3.8, 4) is 5.75 Å². The zero-order valence-corrected chi connectivity index (χ0v) is 19.0. The Morgan fingerprint density at radius 3 is 2.34 bits per heavy atom. The molecule has 0 bridgehead atoms. The maximum absolute atomic E-state index is 11.5. The average molecular weight is 426 g/mol. The number of hydrogen-bond donors (Lipinski definition) is 3. The number of benzene rings is 1. The van der Waals surface area contributed by atoms with Crippen molar-refractivity contribution >= 4 is 16.0 Å². The number of likely N-dealkylation sites (tertiary alicyclic amines) is 1. The van der Waals surface area contributed by atoms with Crippen LogP contribution in [0.15, 0.2) is 29.3 Å². The van der Waals surface area contributed by atoms with Gasteiger partial charge in [0, 0.05) is 25.7 Å². The molecular weight excluding hydrogens is 390 g/mol. The van der Waals surface area contributed by atoms with Crippen molar-refractivity contribution in [2.75, 3.05) is 46.6 Å². The van der Waals surface area contributed by atoms with E-state index in [0.29, 0.717) is 19.0 Å². The number of nitrogens with zero attached hydrogens (tertiary/aromatic N) is 2. The van der Waals surface area contributed by atoms with Gasteiger partial charge in [0.05, 0.1) is 19.4 Å². The van der Waals surface area contributed by atoms with Crippen LogP contribution in [0, 0.1) is 0 Å². The SMILES string of the molecule is CN=C(NCC(c1ccc(OC)cc1)N1CCCC1)NCC(C)(C)NS(C)(=O)=O. The molecule has 0 saturated carbocycles. The summed E-state index contributed by atoms with van der Waals surface area (Å²) >= 11 is 0. The van der Waals surface area contributed by atoms with Crippen LogP contribution in [-0.2, 0) is 10.0 Å². The molecule has 164 valence electrons. The Balaban J connectivity index is 2.00. The number of rotatable bonds is 9. The molecule has 1 heterocycles. The fourth-order valence-electron chi connectivity index (χ4n) is 3.59. The van der Waals surface area contributed by atoms with Gasteiger partial charge in [-0.15, -0.1) is 0 Å². The van der Waals surface area contributed by atoms with Gasteiger partial charge in [-0.3, -0.25) is 9.89 Å². The van der Waals surface area contributed by atoms with Crippen LogP contribution in [0.4, 0.5) is 0 Å². The van der Waals surface area contributed by atoms with E-state index >= 15 is 0 Å². The van der Waals surface area contributed by atoms with Gasteiger partial charge in [-0.05, 0) is 57.5 Å². The normalized spacial score (nSPS) is 17.2. The van der Waals surface area contributed by atoms with Crippen LogP contribution in [0.5, 0.6) is 5.75 Å². The molecule has 1 unspecified atom stereocenters. The first-order chi connectivity index (χ1) is 13.6. The van der Waals surface area contributed by atoms with E-state index in [0.717, 1.165) is 25.1 Å². The molecular formula is C20H35N5O3S. The number of hydrogen-bond acceptors (Lipinski definition) is 5. The molecule has 1 fully saturated rings. The molecule has 3 N–H and O–H groups in total. The van der Waals surface area contributed by atoms with E-state index < -0.39 is 15.6 Å². The standard InChI is InChI=1S/C20H35N5O3S/c1-20(2,24-29(5,26)27)15-23-19(21-3)22-14-18(25-12-6-7-13-25)16-8-10-17(28-4)11-9-16/h8-11,18,24H,6-7,12-15H2,1-5H3,(H2,21,22,23). The fourth-order valence-corrected chi connectivity index (χ4v) is 4.67. The molecule has 1 aliphatic rings. The van der Waals surface area contributed by atoms with E-state index in [1.165, 1.54) is 18.4 Å². The molecule has 1 saturated heterocycles. The molecule has 0 aliphatic carbocycles. The van der Waals surface area contributed by atoms with E-state index in [9.17, 15) is 8.42 Å². The summed E-state index contributed by atoms with van der Waals surface area (Å²) in [5.41, 5.74) is 0.602. The van der Waals surface area contributed by atoms with Gasteiger partial charge in [0.25, 0.3) is 0 Å². The lowest BCUT2D eigenvalue weighted by atomic mass is 10.1. The topological polar surface area (TPSA) is 95.1 Å². The van der Waals surface area contributed by atoms with Crippen LogP contribution in [0.25, 0.3) is 0 Å². The van der Waals surface area contributed by atoms with Crippen molar-refractivity contribution in [3.63, 3.8) is 0 Å². The summed E-state index contributed by atoms with van der Waals surface area (Å²) in [5, 5.41) is 6.62. The summed E-state index contributed by atoms with van der Waals surface area (Å²) in [6.07, 6.45) is 3.59. The summed E-state index contributed by atoms with van der Waals surface area (Å²) in [7, 11) is 0.102. The Morgan fingerprint density at radius 2 is 1.83 bits per heavy atom. The first-order valence-corrected chi connectivity index (χ1v) is 11.8.